The van der Waals surface area contributed by atoms with E-state index in [1.807, 2.05) is 0 Å². The molecule has 1 saturated heterocycles. The van der Waals surface area contributed by atoms with Crippen molar-refractivity contribution in [2.24, 2.45) is 5.73 Å². The van der Waals surface area contributed by atoms with Gasteiger partial charge in [0, 0.05) is 37.6 Å². The minimum Gasteiger partial charge on any atom is -0.382 e. The SMILES string of the molecule is CC1CN(c2nccnc2C(=N)N)CC(C)N1C. The molecule has 98 valence electrons. The first-order chi connectivity index (χ1) is 8.50. The molecule has 0 saturated carbocycles. The minimum atomic E-state index is -0.0302. The Labute approximate surface area is 107 Å². The number of nitrogens with one attached hydrogen (secondary N) is 1. The molecule has 1 aromatic heterocycles. The van der Waals surface area contributed by atoms with E-state index in [1.54, 1.807) is 12.4 Å². The van der Waals surface area contributed by atoms with E-state index in [9.17, 15) is 0 Å². The molecule has 1 aliphatic heterocycles. The third kappa shape index (κ3) is 2.28. The zero-order valence-electron chi connectivity index (χ0n) is 11.1. The Morgan fingerprint density at radius 1 is 1.28 bits per heavy atom. The van der Waals surface area contributed by atoms with Crippen molar-refractivity contribution in [2.45, 2.75) is 25.9 Å². The predicted molar refractivity (Wildman–Crippen MR) is 71.9 cm³/mol. The summed E-state index contributed by atoms with van der Waals surface area (Å²) >= 11 is 0. The van der Waals surface area contributed by atoms with E-state index in [0.29, 0.717) is 17.8 Å². The number of rotatable bonds is 2. The normalized spacial score (nSPS) is 25.2. The van der Waals surface area contributed by atoms with Crippen LogP contribution >= 0.6 is 0 Å². The molecule has 0 amide bonds. The largest absolute Gasteiger partial charge is 0.382 e. The van der Waals surface area contributed by atoms with Crippen molar-refractivity contribution < 1.29 is 0 Å². The molecule has 0 radical (unpaired) electrons. The van der Waals surface area contributed by atoms with Crippen LogP contribution in [0, 0.1) is 5.41 Å². The standard InChI is InChI=1S/C12H20N6/c1-8-6-18(7-9(2)17(8)3)12-10(11(13)14)15-4-5-16-12/h4-5,8-9H,6-7H2,1-3H3,(H3,13,14). The summed E-state index contributed by atoms with van der Waals surface area (Å²) in [5.74, 6) is 0.689. The first kappa shape index (κ1) is 12.8. The Bertz CT molecular complexity index is 434. The van der Waals surface area contributed by atoms with Gasteiger partial charge in [0.05, 0.1) is 0 Å². The van der Waals surface area contributed by atoms with Crippen molar-refractivity contribution >= 4 is 11.7 Å². The minimum absolute atomic E-state index is 0.0302. The summed E-state index contributed by atoms with van der Waals surface area (Å²) < 4.78 is 0. The number of anilines is 1. The molecule has 2 unspecified atom stereocenters. The van der Waals surface area contributed by atoms with Crippen LogP contribution in [0.15, 0.2) is 12.4 Å². The van der Waals surface area contributed by atoms with Crippen molar-refractivity contribution in [1.82, 2.24) is 14.9 Å². The topological polar surface area (TPSA) is 82.1 Å². The zero-order chi connectivity index (χ0) is 13.3. The number of amidine groups is 1. The second-order valence-corrected chi connectivity index (χ2v) is 4.91. The molecule has 6 nitrogen and oxygen atoms in total. The highest BCUT2D eigenvalue weighted by Crippen LogP contribution is 2.21. The molecule has 6 heteroatoms. The molecule has 0 aromatic carbocycles. The highest BCUT2D eigenvalue weighted by atomic mass is 15.3. The van der Waals surface area contributed by atoms with Gasteiger partial charge in [0.2, 0.25) is 0 Å². The summed E-state index contributed by atoms with van der Waals surface area (Å²) in [6.07, 6.45) is 3.22. The molecule has 2 rings (SSSR count). The van der Waals surface area contributed by atoms with Crippen LogP contribution in [0.3, 0.4) is 0 Å². The molecule has 2 heterocycles. The van der Waals surface area contributed by atoms with E-state index >= 15 is 0 Å². The van der Waals surface area contributed by atoms with Gasteiger partial charge >= 0.3 is 0 Å². The summed E-state index contributed by atoms with van der Waals surface area (Å²) in [4.78, 5) is 13.0. The maximum absolute atomic E-state index is 7.57. The summed E-state index contributed by atoms with van der Waals surface area (Å²) in [7, 11) is 2.13. The Balaban J connectivity index is 2.30. The first-order valence-electron chi connectivity index (χ1n) is 6.13. The van der Waals surface area contributed by atoms with E-state index < -0.39 is 0 Å². The number of nitrogens with two attached hydrogens (primary N) is 1. The van der Waals surface area contributed by atoms with Gasteiger partial charge in [-0.15, -0.1) is 0 Å². The van der Waals surface area contributed by atoms with Gasteiger partial charge in [-0.05, 0) is 20.9 Å². The molecular formula is C12H20N6. The molecule has 2 atom stereocenters. The monoisotopic (exact) mass is 248 g/mol. The first-order valence-corrected chi connectivity index (χ1v) is 6.13. The Morgan fingerprint density at radius 3 is 2.39 bits per heavy atom. The molecule has 0 aliphatic carbocycles. The number of hydrogen-bond acceptors (Lipinski definition) is 5. The van der Waals surface area contributed by atoms with Gasteiger partial charge in [0.25, 0.3) is 0 Å². The van der Waals surface area contributed by atoms with Crippen molar-refractivity contribution in [3.63, 3.8) is 0 Å². The second-order valence-electron chi connectivity index (χ2n) is 4.91. The average Bonchev–Trinajstić information content (AvgIpc) is 2.35. The maximum Gasteiger partial charge on any atom is 0.158 e. The smallest absolute Gasteiger partial charge is 0.158 e. The predicted octanol–water partition coefficient (Wildman–Crippen LogP) is 0.289. The van der Waals surface area contributed by atoms with Crippen molar-refractivity contribution in [2.75, 3.05) is 25.0 Å². The van der Waals surface area contributed by atoms with E-state index in [-0.39, 0.29) is 5.84 Å². The quantitative estimate of drug-likeness (QED) is 0.580. The Hall–Kier alpha value is -1.69. The highest BCUT2D eigenvalue weighted by molar-refractivity contribution is 5.97. The van der Waals surface area contributed by atoms with Crippen molar-refractivity contribution in [1.29, 1.82) is 5.41 Å². The van der Waals surface area contributed by atoms with Crippen LogP contribution in [0.4, 0.5) is 5.82 Å². The second kappa shape index (κ2) is 4.89. The maximum atomic E-state index is 7.57. The van der Waals surface area contributed by atoms with Crippen LogP contribution in [0.2, 0.25) is 0 Å². The number of likely N-dealkylation sites (N-methyl/N-ethyl adjacent to an activating group) is 1. The van der Waals surface area contributed by atoms with Crippen molar-refractivity contribution in [3.05, 3.63) is 18.1 Å². The average molecular weight is 248 g/mol. The molecule has 1 aliphatic rings. The Kier molecular flexibility index (Phi) is 3.47. The lowest BCUT2D eigenvalue weighted by Gasteiger charge is -2.43. The molecule has 18 heavy (non-hydrogen) atoms. The van der Waals surface area contributed by atoms with Gasteiger partial charge in [-0.1, -0.05) is 0 Å². The number of nitrogen functional groups attached to an aromatic ring is 1. The van der Waals surface area contributed by atoms with Crippen LogP contribution in [0.5, 0.6) is 0 Å². The lowest BCUT2D eigenvalue weighted by Crippen LogP contribution is -2.55. The van der Waals surface area contributed by atoms with E-state index in [0.717, 1.165) is 18.9 Å². The fourth-order valence-corrected chi connectivity index (χ4v) is 2.33. The van der Waals surface area contributed by atoms with E-state index in [1.165, 1.54) is 0 Å². The van der Waals surface area contributed by atoms with Gasteiger partial charge < -0.3 is 10.6 Å². The molecule has 1 fully saturated rings. The van der Waals surface area contributed by atoms with E-state index in [2.05, 4.69) is 40.7 Å². The van der Waals surface area contributed by atoms with Crippen LogP contribution in [-0.2, 0) is 0 Å². The van der Waals surface area contributed by atoms with Crippen molar-refractivity contribution in [3.8, 4) is 0 Å². The number of hydrogen-bond donors (Lipinski definition) is 2. The number of piperazine rings is 1. The Morgan fingerprint density at radius 2 is 1.83 bits per heavy atom. The highest BCUT2D eigenvalue weighted by Gasteiger charge is 2.28. The molecule has 0 bridgehead atoms. The van der Waals surface area contributed by atoms with Crippen LogP contribution in [-0.4, -0.2) is 52.9 Å². The lowest BCUT2D eigenvalue weighted by molar-refractivity contribution is 0.169. The summed E-state index contributed by atoms with van der Waals surface area (Å²) in [6.45, 7) is 6.12. The third-order valence-corrected chi connectivity index (χ3v) is 3.59. The third-order valence-electron chi connectivity index (χ3n) is 3.59. The number of aromatic nitrogens is 2. The summed E-state index contributed by atoms with van der Waals surface area (Å²) in [5.41, 5.74) is 6.04. The molecular weight excluding hydrogens is 228 g/mol. The number of nitrogens with zero attached hydrogens (tertiary/aromatic N) is 4. The lowest BCUT2D eigenvalue weighted by atomic mass is 10.1. The van der Waals surface area contributed by atoms with Gasteiger partial charge in [0.1, 0.15) is 11.5 Å². The van der Waals surface area contributed by atoms with Gasteiger partial charge in [-0.25, -0.2) is 9.97 Å². The summed E-state index contributed by atoms with van der Waals surface area (Å²) in [6, 6.07) is 0.881. The molecule has 0 spiro atoms. The zero-order valence-corrected chi connectivity index (χ0v) is 11.1. The fourth-order valence-electron chi connectivity index (χ4n) is 2.33. The van der Waals surface area contributed by atoms with E-state index in [4.69, 9.17) is 11.1 Å². The molecule has 3 N–H and O–H groups in total. The van der Waals surface area contributed by atoms with Crippen LogP contribution < -0.4 is 10.6 Å². The molecule has 1 aromatic rings. The van der Waals surface area contributed by atoms with Crippen LogP contribution in [0.1, 0.15) is 19.5 Å². The van der Waals surface area contributed by atoms with Gasteiger partial charge in [0.15, 0.2) is 5.82 Å². The van der Waals surface area contributed by atoms with Crippen LogP contribution in [0.25, 0.3) is 0 Å². The van der Waals surface area contributed by atoms with Gasteiger partial charge in [-0.2, -0.15) is 0 Å². The fraction of sp³-hybridized carbons (Fsp3) is 0.583. The summed E-state index contributed by atoms with van der Waals surface area (Å²) in [5, 5.41) is 7.57. The van der Waals surface area contributed by atoms with Gasteiger partial charge in [-0.3, -0.25) is 10.3 Å².